The Morgan fingerprint density at radius 3 is 2.63 bits per heavy atom. The summed E-state index contributed by atoms with van der Waals surface area (Å²) >= 11 is 5.92. The number of aromatic amines is 1. The first kappa shape index (κ1) is 19.8. The van der Waals surface area contributed by atoms with Crippen LogP contribution >= 0.6 is 11.6 Å². The average Bonchev–Trinajstić information content (AvgIpc) is 3.32. The lowest BCUT2D eigenvalue weighted by molar-refractivity contribution is 0.102. The number of carbonyl (C=O) groups is 1. The van der Waals surface area contributed by atoms with Crippen molar-refractivity contribution in [3.05, 3.63) is 88.1 Å². The van der Waals surface area contributed by atoms with Gasteiger partial charge in [-0.05, 0) is 38.1 Å². The molecule has 0 bridgehead atoms. The second-order valence-corrected chi connectivity index (χ2v) is 7.36. The lowest BCUT2D eigenvalue weighted by Gasteiger charge is -2.07. The lowest BCUT2D eigenvalue weighted by Crippen LogP contribution is -2.14. The van der Waals surface area contributed by atoms with Gasteiger partial charge in [0.25, 0.3) is 5.91 Å². The Kier molecular flexibility index (Phi) is 5.37. The molecular weight excluding hydrogens is 405 g/mol. The van der Waals surface area contributed by atoms with Crippen molar-refractivity contribution in [2.75, 3.05) is 5.32 Å². The average molecular weight is 424 g/mol. The number of nitrogens with zero attached hydrogens (tertiary/aromatic N) is 3. The van der Waals surface area contributed by atoms with Crippen molar-refractivity contribution in [2.45, 2.75) is 20.4 Å². The van der Waals surface area contributed by atoms with Crippen LogP contribution in [0.25, 0.3) is 11.3 Å². The molecule has 0 saturated heterocycles. The van der Waals surface area contributed by atoms with Gasteiger partial charge in [0.2, 0.25) is 0 Å². The van der Waals surface area contributed by atoms with Crippen molar-refractivity contribution in [3.63, 3.8) is 0 Å². The molecule has 2 aromatic heterocycles. The Balaban J connectivity index is 1.53. The molecule has 0 aliphatic heterocycles. The summed E-state index contributed by atoms with van der Waals surface area (Å²) in [6.45, 7) is 3.91. The summed E-state index contributed by atoms with van der Waals surface area (Å²) in [7, 11) is 0. The lowest BCUT2D eigenvalue weighted by atomic mass is 10.1. The normalized spacial score (nSPS) is 10.9. The number of nitrogens with one attached hydrogen (secondary N) is 2. The molecule has 1 amide bonds. The minimum absolute atomic E-state index is 0.278. The van der Waals surface area contributed by atoms with Gasteiger partial charge in [0.1, 0.15) is 11.5 Å². The van der Waals surface area contributed by atoms with E-state index in [-0.39, 0.29) is 18.3 Å². The highest BCUT2D eigenvalue weighted by atomic mass is 35.5. The number of halogens is 2. The van der Waals surface area contributed by atoms with Crippen LogP contribution in [0.1, 0.15) is 27.4 Å². The van der Waals surface area contributed by atoms with Gasteiger partial charge < -0.3 is 5.32 Å². The van der Waals surface area contributed by atoms with E-state index in [9.17, 15) is 9.18 Å². The fraction of sp³-hybridized carbons (Fsp3) is 0.136. The molecule has 0 aliphatic carbocycles. The topological polar surface area (TPSA) is 75.6 Å². The van der Waals surface area contributed by atoms with Gasteiger partial charge in [-0.25, -0.2) is 4.39 Å². The van der Waals surface area contributed by atoms with Gasteiger partial charge in [-0.15, -0.1) is 0 Å². The zero-order valence-electron chi connectivity index (χ0n) is 16.4. The molecule has 0 fully saturated rings. The van der Waals surface area contributed by atoms with E-state index in [1.54, 1.807) is 48.0 Å². The van der Waals surface area contributed by atoms with Crippen LogP contribution in [0.15, 0.2) is 54.6 Å². The van der Waals surface area contributed by atoms with Gasteiger partial charge in [-0.2, -0.15) is 10.2 Å². The maximum absolute atomic E-state index is 14.0. The third-order valence-electron chi connectivity index (χ3n) is 4.86. The first-order valence-corrected chi connectivity index (χ1v) is 9.70. The first-order valence-electron chi connectivity index (χ1n) is 9.32. The van der Waals surface area contributed by atoms with Gasteiger partial charge in [-0.1, -0.05) is 41.9 Å². The van der Waals surface area contributed by atoms with E-state index >= 15 is 0 Å². The maximum atomic E-state index is 14.0. The van der Waals surface area contributed by atoms with Crippen LogP contribution in [0.3, 0.4) is 0 Å². The van der Waals surface area contributed by atoms with Crippen molar-refractivity contribution in [3.8, 4) is 11.3 Å². The number of hydrogen-bond donors (Lipinski definition) is 2. The quantitative estimate of drug-likeness (QED) is 0.475. The Bertz CT molecular complexity index is 1210. The number of aryl methyl sites for hydroxylation is 1. The van der Waals surface area contributed by atoms with Gasteiger partial charge in [0.05, 0.1) is 29.3 Å². The van der Waals surface area contributed by atoms with E-state index in [0.717, 1.165) is 11.3 Å². The largest absolute Gasteiger partial charge is 0.318 e. The summed E-state index contributed by atoms with van der Waals surface area (Å²) in [5.74, 6) is -0.623. The Labute approximate surface area is 177 Å². The smallest absolute Gasteiger partial charge is 0.273 e. The molecule has 0 radical (unpaired) electrons. The number of aromatic nitrogens is 4. The van der Waals surface area contributed by atoms with E-state index < -0.39 is 0 Å². The molecule has 0 spiro atoms. The molecule has 0 unspecified atom stereocenters. The summed E-state index contributed by atoms with van der Waals surface area (Å²) in [4.78, 5) is 12.7. The number of rotatable bonds is 5. The molecule has 0 atom stereocenters. The van der Waals surface area contributed by atoms with Crippen molar-refractivity contribution >= 4 is 23.2 Å². The molecular formula is C22H19ClFN5O. The zero-order valence-corrected chi connectivity index (χ0v) is 17.2. The minimum Gasteiger partial charge on any atom is -0.318 e. The van der Waals surface area contributed by atoms with E-state index in [2.05, 4.69) is 20.6 Å². The highest BCUT2D eigenvalue weighted by Gasteiger charge is 2.18. The fourth-order valence-corrected chi connectivity index (χ4v) is 3.33. The molecule has 152 valence electrons. The zero-order chi connectivity index (χ0) is 21.3. The fourth-order valence-electron chi connectivity index (χ4n) is 3.21. The molecule has 4 rings (SSSR count). The molecule has 2 N–H and O–H groups in total. The molecule has 30 heavy (non-hydrogen) atoms. The second kappa shape index (κ2) is 8.12. The number of carbonyl (C=O) groups excluding carboxylic acids is 1. The maximum Gasteiger partial charge on any atom is 0.273 e. The number of hydrogen-bond acceptors (Lipinski definition) is 3. The highest BCUT2D eigenvalue weighted by Crippen LogP contribution is 2.23. The minimum atomic E-state index is -0.334. The molecule has 0 aliphatic rings. The van der Waals surface area contributed by atoms with Crippen LogP contribution in [0.5, 0.6) is 0 Å². The molecule has 0 saturated carbocycles. The summed E-state index contributed by atoms with van der Waals surface area (Å²) < 4.78 is 15.7. The Morgan fingerprint density at radius 1 is 1.17 bits per heavy atom. The van der Waals surface area contributed by atoms with Gasteiger partial charge >= 0.3 is 0 Å². The van der Waals surface area contributed by atoms with E-state index in [1.807, 2.05) is 19.1 Å². The monoisotopic (exact) mass is 423 g/mol. The predicted molar refractivity (Wildman–Crippen MR) is 114 cm³/mol. The molecule has 2 heterocycles. The van der Waals surface area contributed by atoms with Crippen molar-refractivity contribution in [1.82, 2.24) is 20.0 Å². The highest BCUT2D eigenvalue weighted by molar-refractivity contribution is 6.30. The van der Waals surface area contributed by atoms with Gasteiger partial charge in [0.15, 0.2) is 0 Å². The predicted octanol–water partition coefficient (Wildman–Crippen LogP) is 4.98. The van der Waals surface area contributed by atoms with Crippen LogP contribution < -0.4 is 5.32 Å². The summed E-state index contributed by atoms with van der Waals surface area (Å²) in [5.41, 5.74) is 4.32. The third-order valence-corrected chi connectivity index (χ3v) is 5.11. The van der Waals surface area contributed by atoms with Crippen LogP contribution in [-0.4, -0.2) is 25.9 Å². The standard InChI is InChI=1S/C22H19ClFN5O/c1-13-21(14(2)29(28-13)12-16-5-3-4-6-18(16)24)25-22(30)20-11-19(26-27-20)15-7-9-17(23)10-8-15/h3-11H,12H2,1-2H3,(H,25,30)(H,26,27). The summed E-state index contributed by atoms with van der Waals surface area (Å²) in [5, 5.41) is 14.9. The number of anilines is 1. The summed E-state index contributed by atoms with van der Waals surface area (Å²) in [6, 6.07) is 15.4. The van der Waals surface area contributed by atoms with Crippen LogP contribution in [0, 0.1) is 19.7 Å². The number of H-pyrrole nitrogens is 1. The van der Waals surface area contributed by atoms with Crippen LogP contribution in [-0.2, 0) is 6.54 Å². The molecule has 6 nitrogen and oxygen atoms in total. The molecule has 8 heteroatoms. The summed E-state index contributed by atoms with van der Waals surface area (Å²) in [6.07, 6.45) is 0. The van der Waals surface area contributed by atoms with Crippen molar-refractivity contribution in [2.24, 2.45) is 0 Å². The van der Waals surface area contributed by atoms with Crippen molar-refractivity contribution < 1.29 is 9.18 Å². The number of benzene rings is 2. The molecule has 2 aromatic carbocycles. The first-order chi connectivity index (χ1) is 14.4. The van der Waals surface area contributed by atoms with Crippen LogP contribution in [0.4, 0.5) is 10.1 Å². The second-order valence-electron chi connectivity index (χ2n) is 6.92. The number of amides is 1. The van der Waals surface area contributed by atoms with Gasteiger partial charge in [0, 0.05) is 16.1 Å². The van der Waals surface area contributed by atoms with E-state index in [0.29, 0.717) is 33.4 Å². The van der Waals surface area contributed by atoms with E-state index in [1.165, 1.54) is 6.07 Å². The van der Waals surface area contributed by atoms with Gasteiger partial charge in [-0.3, -0.25) is 14.6 Å². The Morgan fingerprint density at radius 2 is 1.90 bits per heavy atom. The Hall–Kier alpha value is -3.45. The van der Waals surface area contributed by atoms with E-state index in [4.69, 9.17) is 11.6 Å². The van der Waals surface area contributed by atoms with Crippen LogP contribution in [0.2, 0.25) is 5.02 Å². The third kappa shape index (κ3) is 3.97. The SMILES string of the molecule is Cc1nn(Cc2ccccc2F)c(C)c1NC(=O)c1cc(-c2ccc(Cl)cc2)n[nH]1. The molecule has 4 aromatic rings. The van der Waals surface area contributed by atoms with Crippen molar-refractivity contribution in [1.29, 1.82) is 0 Å².